The number of aromatic nitrogens is 1. The number of carbonyl (C=O) groups is 2. The molecule has 1 saturated heterocycles. The van der Waals surface area contributed by atoms with E-state index in [1.165, 1.54) is 4.90 Å². The molecule has 0 bridgehead atoms. The Morgan fingerprint density at radius 2 is 1.89 bits per heavy atom. The molecule has 0 aromatic carbocycles. The molecule has 1 aliphatic carbocycles. The van der Waals surface area contributed by atoms with Crippen LogP contribution in [0.15, 0.2) is 18.3 Å². The molecule has 94 valence electrons. The average molecular weight is 265 g/mol. The first kappa shape index (κ1) is 11.7. The number of hydrogen-bond donors (Lipinski definition) is 0. The van der Waals surface area contributed by atoms with Gasteiger partial charge in [-0.25, -0.2) is 9.88 Å². The maximum absolute atomic E-state index is 12.3. The summed E-state index contributed by atoms with van der Waals surface area (Å²) in [4.78, 5) is 29.8. The standard InChI is InChI=1S/C13H13ClN2O2/c1-7-5-8-9(6-7)13(18)16(12(8)17)11-10(14)3-2-4-15-11/h2-4,7-9H,5-6H2,1H3. The molecule has 2 aliphatic rings. The third kappa shape index (κ3) is 1.56. The van der Waals surface area contributed by atoms with Gasteiger partial charge in [0.05, 0.1) is 16.9 Å². The molecule has 4 nitrogen and oxygen atoms in total. The molecule has 2 heterocycles. The van der Waals surface area contributed by atoms with E-state index in [4.69, 9.17) is 11.6 Å². The van der Waals surface area contributed by atoms with E-state index in [2.05, 4.69) is 11.9 Å². The Kier molecular flexibility index (Phi) is 2.63. The van der Waals surface area contributed by atoms with Crippen molar-refractivity contribution in [2.45, 2.75) is 19.8 Å². The van der Waals surface area contributed by atoms with Crippen molar-refractivity contribution in [1.82, 2.24) is 4.98 Å². The molecule has 1 aliphatic heterocycles. The number of anilines is 1. The van der Waals surface area contributed by atoms with Crippen molar-refractivity contribution in [2.24, 2.45) is 17.8 Å². The molecule has 5 heteroatoms. The Hall–Kier alpha value is -1.42. The Bertz CT molecular complexity index is 507. The van der Waals surface area contributed by atoms with Crippen LogP contribution >= 0.6 is 11.6 Å². The molecule has 1 aromatic rings. The van der Waals surface area contributed by atoms with E-state index in [1.54, 1.807) is 18.3 Å². The molecular formula is C13H13ClN2O2. The van der Waals surface area contributed by atoms with Gasteiger partial charge in [-0.3, -0.25) is 9.59 Å². The number of hydrogen-bond acceptors (Lipinski definition) is 3. The summed E-state index contributed by atoms with van der Waals surface area (Å²) >= 11 is 6.01. The lowest BCUT2D eigenvalue weighted by Crippen LogP contribution is -2.33. The van der Waals surface area contributed by atoms with Gasteiger partial charge >= 0.3 is 0 Å². The highest BCUT2D eigenvalue weighted by molar-refractivity contribution is 6.35. The van der Waals surface area contributed by atoms with Crippen molar-refractivity contribution in [3.8, 4) is 0 Å². The summed E-state index contributed by atoms with van der Waals surface area (Å²) in [6.07, 6.45) is 3.12. The maximum atomic E-state index is 12.3. The van der Waals surface area contributed by atoms with Gasteiger partial charge in [-0.15, -0.1) is 0 Å². The second kappa shape index (κ2) is 4.05. The number of imide groups is 1. The fourth-order valence-electron chi connectivity index (χ4n) is 3.03. The van der Waals surface area contributed by atoms with E-state index in [0.29, 0.717) is 10.9 Å². The Balaban J connectivity index is 1.99. The number of pyridine rings is 1. The quantitative estimate of drug-likeness (QED) is 0.731. The lowest BCUT2D eigenvalue weighted by molar-refractivity contribution is -0.123. The highest BCUT2D eigenvalue weighted by Gasteiger charge is 2.52. The number of halogens is 1. The average Bonchev–Trinajstić information content (AvgIpc) is 2.82. The monoisotopic (exact) mass is 264 g/mol. The molecule has 1 aromatic heterocycles. The topological polar surface area (TPSA) is 50.3 Å². The molecule has 0 N–H and O–H groups in total. The molecule has 0 radical (unpaired) electrons. The van der Waals surface area contributed by atoms with Crippen LogP contribution in [-0.2, 0) is 9.59 Å². The molecule has 2 unspecified atom stereocenters. The van der Waals surface area contributed by atoms with Gasteiger partial charge in [0.2, 0.25) is 11.8 Å². The molecule has 2 fully saturated rings. The fourth-order valence-corrected chi connectivity index (χ4v) is 3.23. The number of fused-ring (bicyclic) bond motifs is 1. The van der Waals surface area contributed by atoms with Gasteiger partial charge in [0.1, 0.15) is 0 Å². The molecule has 18 heavy (non-hydrogen) atoms. The van der Waals surface area contributed by atoms with Crippen LogP contribution in [-0.4, -0.2) is 16.8 Å². The predicted molar refractivity (Wildman–Crippen MR) is 67.1 cm³/mol. The first-order valence-electron chi connectivity index (χ1n) is 6.08. The zero-order valence-electron chi connectivity index (χ0n) is 9.97. The first-order valence-corrected chi connectivity index (χ1v) is 6.45. The molecule has 3 rings (SSSR count). The summed E-state index contributed by atoms with van der Waals surface area (Å²) in [6.45, 7) is 2.08. The van der Waals surface area contributed by atoms with E-state index < -0.39 is 0 Å². The molecule has 0 spiro atoms. The molecule has 1 saturated carbocycles. The van der Waals surface area contributed by atoms with Crippen LogP contribution in [0, 0.1) is 17.8 Å². The summed E-state index contributed by atoms with van der Waals surface area (Å²) in [5, 5.41) is 0.340. The number of rotatable bonds is 1. The number of carbonyl (C=O) groups excluding carboxylic acids is 2. The van der Waals surface area contributed by atoms with Crippen LogP contribution in [0.2, 0.25) is 5.02 Å². The van der Waals surface area contributed by atoms with Gasteiger partial charge in [0.15, 0.2) is 5.82 Å². The summed E-state index contributed by atoms with van der Waals surface area (Å²) in [5.74, 6) is 0.0755. The van der Waals surface area contributed by atoms with Gasteiger partial charge in [0, 0.05) is 6.20 Å². The minimum Gasteiger partial charge on any atom is -0.274 e. The summed E-state index contributed by atoms with van der Waals surface area (Å²) in [7, 11) is 0. The zero-order valence-corrected chi connectivity index (χ0v) is 10.7. The van der Waals surface area contributed by atoms with E-state index in [0.717, 1.165) is 12.8 Å². The molecule has 2 amide bonds. The summed E-state index contributed by atoms with van der Waals surface area (Å²) < 4.78 is 0. The van der Waals surface area contributed by atoms with Crippen molar-refractivity contribution in [3.05, 3.63) is 23.4 Å². The van der Waals surface area contributed by atoms with E-state index in [-0.39, 0.29) is 29.5 Å². The third-order valence-electron chi connectivity index (χ3n) is 3.82. The Morgan fingerprint density at radius 3 is 2.44 bits per heavy atom. The van der Waals surface area contributed by atoms with Crippen LogP contribution in [0.25, 0.3) is 0 Å². The van der Waals surface area contributed by atoms with E-state index >= 15 is 0 Å². The van der Waals surface area contributed by atoms with Crippen molar-refractivity contribution >= 4 is 29.2 Å². The van der Waals surface area contributed by atoms with Crippen molar-refractivity contribution in [1.29, 1.82) is 0 Å². The van der Waals surface area contributed by atoms with Crippen molar-refractivity contribution in [2.75, 3.05) is 4.90 Å². The lowest BCUT2D eigenvalue weighted by atomic mass is 10.00. The van der Waals surface area contributed by atoms with Gasteiger partial charge in [-0.1, -0.05) is 18.5 Å². The van der Waals surface area contributed by atoms with E-state index in [9.17, 15) is 9.59 Å². The molecule has 2 atom stereocenters. The smallest absolute Gasteiger partial charge is 0.238 e. The van der Waals surface area contributed by atoms with E-state index in [1.807, 2.05) is 0 Å². The summed E-state index contributed by atoms with van der Waals surface area (Å²) in [5.41, 5.74) is 0. The minimum absolute atomic E-state index is 0.144. The van der Waals surface area contributed by atoms with Crippen LogP contribution in [0.4, 0.5) is 5.82 Å². The number of nitrogens with zero attached hydrogens (tertiary/aromatic N) is 2. The second-order valence-electron chi connectivity index (χ2n) is 5.11. The van der Waals surface area contributed by atoms with Gasteiger partial charge in [-0.05, 0) is 30.9 Å². The van der Waals surface area contributed by atoms with Gasteiger partial charge in [0.25, 0.3) is 0 Å². The van der Waals surface area contributed by atoms with Crippen molar-refractivity contribution in [3.63, 3.8) is 0 Å². The van der Waals surface area contributed by atoms with Crippen molar-refractivity contribution < 1.29 is 9.59 Å². The second-order valence-corrected chi connectivity index (χ2v) is 5.52. The first-order chi connectivity index (χ1) is 8.59. The van der Waals surface area contributed by atoms with Crippen LogP contribution in [0.5, 0.6) is 0 Å². The number of amides is 2. The highest BCUT2D eigenvalue weighted by atomic mass is 35.5. The Morgan fingerprint density at radius 1 is 1.28 bits per heavy atom. The fraction of sp³-hybridized carbons (Fsp3) is 0.462. The molecular weight excluding hydrogens is 252 g/mol. The van der Waals surface area contributed by atoms with Crippen LogP contribution in [0.1, 0.15) is 19.8 Å². The minimum atomic E-state index is -0.175. The zero-order chi connectivity index (χ0) is 12.9. The van der Waals surface area contributed by atoms with Crippen LogP contribution < -0.4 is 4.90 Å². The third-order valence-corrected chi connectivity index (χ3v) is 4.12. The highest BCUT2D eigenvalue weighted by Crippen LogP contribution is 2.44. The van der Waals surface area contributed by atoms with Crippen LogP contribution in [0.3, 0.4) is 0 Å². The Labute approximate surface area is 110 Å². The maximum Gasteiger partial charge on any atom is 0.238 e. The normalized spacial score (nSPS) is 31.0. The summed E-state index contributed by atoms with van der Waals surface area (Å²) in [6, 6.07) is 3.32. The largest absolute Gasteiger partial charge is 0.274 e. The van der Waals surface area contributed by atoms with Gasteiger partial charge < -0.3 is 0 Å². The van der Waals surface area contributed by atoms with Gasteiger partial charge in [-0.2, -0.15) is 0 Å². The SMILES string of the molecule is CC1CC2C(=O)N(c3ncccc3Cl)C(=O)C2C1. The predicted octanol–water partition coefficient (Wildman–Crippen LogP) is 2.27. The lowest BCUT2D eigenvalue weighted by Gasteiger charge is -2.16.